The minimum absolute atomic E-state index is 0.166. The number of rotatable bonds is 11. The van der Waals surface area contributed by atoms with Crippen LogP contribution in [0.15, 0.2) is 34.4 Å². The SMILES string of the molecule is C#CCOC[C@@H](O)CN(CCC(C)C)Cc1nc2scc(-c3cccc(Cl)c3)c2c(=O)[nH]1. The Morgan fingerprint density at radius 3 is 2.94 bits per heavy atom. The summed E-state index contributed by atoms with van der Waals surface area (Å²) >= 11 is 7.56. The molecule has 0 fully saturated rings. The molecule has 8 heteroatoms. The molecule has 0 saturated carbocycles. The molecule has 0 aliphatic carbocycles. The number of fused-ring (bicyclic) bond motifs is 1. The molecule has 0 unspecified atom stereocenters. The van der Waals surface area contributed by atoms with Crippen molar-refractivity contribution >= 4 is 33.2 Å². The number of hydrogen-bond acceptors (Lipinski definition) is 6. The van der Waals surface area contributed by atoms with Gasteiger partial charge in [0.15, 0.2) is 0 Å². The molecule has 170 valence electrons. The average Bonchev–Trinajstić information content (AvgIpc) is 3.17. The van der Waals surface area contributed by atoms with Crippen LogP contribution in [0.3, 0.4) is 0 Å². The van der Waals surface area contributed by atoms with Crippen molar-refractivity contribution in [3.05, 3.63) is 50.8 Å². The fourth-order valence-corrected chi connectivity index (χ4v) is 4.59. The monoisotopic (exact) mass is 473 g/mol. The third-order valence-electron chi connectivity index (χ3n) is 4.99. The Labute approximate surface area is 197 Å². The maximum absolute atomic E-state index is 13.0. The number of aromatic nitrogens is 2. The van der Waals surface area contributed by atoms with Crippen molar-refractivity contribution in [1.29, 1.82) is 0 Å². The van der Waals surface area contributed by atoms with Crippen LogP contribution in [0.5, 0.6) is 0 Å². The lowest BCUT2D eigenvalue weighted by molar-refractivity contribution is 0.0247. The molecule has 3 aromatic rings. The molecular weight excluding hydrogens is 446 g/mol. The minimum Gasteiger partial charge on any atom is -0.389 e. The van der Waals surface area contributed by atoms with Crippen LogP contribution < -0.4 is 5.56 Å². The third kappa shape index (κ3) is 6.64. The first kappa shape index (κ1) is 24.4. The van der Waals surface area contributed by atoms with Gasteiger partial charge in [-0.2, -0.15) is 0 Å². The second kappa shape index (κ2) is 11.6. The van der Waals surface area contributed by atoms with Crippen molar-refractivity contribution in [3.8, 4) is 23.5 Å². The predicted octanol–water partition coefficient (Wildman–Crippen LogP) is 4.16. The predicted molar refractivity (Wildman–Crippen MR) is 131 cm³/mol. The van der Waals surface area contributed by atoms with Gasteiger partial charge in [-0.15, -0.1) is 17.8 Å². The Balaban J connectivity index is 1.81. The van der Waals surface area contributed by atoms with Crippen LogP contribution in [0.1, 0.15) is 26.1 Å². The fraction of sp³-hybridized carbons (Fsp3) is 0.417. The summed E-state index contributed by atoms with van der Waals surface area (Å²) in [7, 11) is 0. The van der Waals surface area contributed by atoms with Gasteiger partial charge in [0.25, 0.3) is 5.56 Å². The van der Waals surface area contributed by atoms with Crippen molar-refractivity contribution in [2.75, 3.05) is 26.3 Å². The molecule has 6 nitrogen and oxygen atoms in total. The van der Waals surface area contributed by atoms with Gasteiger partial charge in [-0.05, 0) is 36.6 Å². The van der Waals surface area contributed by atoms with E-state index in [1.165, 1.54) is 11.3 Å². The smallest absolute Gasteiger partial charge is 0.260 e. The quantitative estimate of drug-likeness (QED) is 0.323. The van der Waals surface area contributed by atoms with Gasteiger partial charge in [-0.3, -0.25) is 9.69 Å². The third-order valence-corrected chi connectivity index (χ3v) is 6.10. The van der Waals surface area contributed by atoms with E-state index in [4.69, 9.17) is 27.7 Å². The summed E-state index contributed by atoms with van der Waals surface area (Å²) in [6, 6.07) is 7.44. The molecule has 2 heterocycles. The summed E-state index contributed by atoms with van der Waals surface area (Å²) in [5.74, 6) is 3.48. The molecule has 0 radical (unpaired) electrons. The summed E-state index contributed by atoms with van der Waals surface area (Å²) in [6.07, 6.45) is 5.47. The molecule has 0 saturated heterocycles. The summed E-state index contributed by atoms with van der Waals surface area (Å²) in [6.45, 7) is 6.23. The second-order valence-electron chi connectivity index (χ2n) is 8.14. The van der Waals surface area contributed by atoms with Crippen molar-refractivity contribution in [1.82, 2.24) is 14.9 Å². The van der Waals surface area contributed by atoms with Crippen LogP contribution >= 0.6 is 22.9 Å². The molecule has 0 bridgehead atoms. The lowest BCUT2D eigenvalue weighted by atomic mass is 10.1. The minimum atomic E-state index is -0.679. The molecule has 2 N–H and O–H groups in total. The van der Waals surface area contributed by atoms with Gasteiger partial charge in [0, 0.05) is 22.5 Å². The number of nitrogens with zero attached hydrogens (tertiary/aromatic N) is 2. The van der Waals surface area contributed by atoms with E-state index in [-0.39, 0.29) is 18.8 Å². The van der Waals surface area contributed by atoms with Crippen LogP contribution in [0.2, 0.25) is 5.02 Å². The van der Waals surface area contributed by atoms with Crippen molar-refractivity contribution < 1.29 is 9.84 Å². The van der Waals surface area contributed by atoms with E-state index in [0.717, 1.165) is 24.1 Å². The van der Waals surface area contributed by atoms with E-state index >= 15 is 0 Å². The van der Waals surface area contributed by atoms with Crippen molar-refractivity contribution in [3.63, 3.8) is 0 Å². The second-order valence-corrected chi connectivity index (χ2v) is 9.44. The highest BCUT2D eigenvalue weighted by Gasteiger charge is 2.17. The van der Waals surface area contributed by atoms with Gasteiger partial charge in [0.1, 0.15) is 17.3 Å². The van der Waals surface area contributed by atoms with Crippen LogP contribution in [-0.2, 0) is 11.3 Å². The van der Waals surface area contributed by atoms with Gasteiger partial charge < -0.3 is 14.8 Å². The van der Waals surface area contributed by atoms with Gasteiger partial charge >= 0.3 is 0 Å². The normalized spacial score (nSPS) is 12.5. The lowest BCUT2D eigenvalue weighted by Crippen LogP contribution is -2.36. The number of benzene rings is 1. The molecule has 1 atom stereocenters. The highest BCUT2D eigenvalue weighted by atomic mass is 35.5. The summed E-state index contributed by atoms with van der Waals surface area (Å²) in [5.41, 5.74) is 1.53. The van der Waals surface area contributed by atoms with E-state index in [9.17, 15) is 9.90 Å². The first-order valence-electron chi connectivity index (χ1n) is 10.5. The van der Waals surface area contributed by atoms with E-state index in [0.29, 0.717) is 40.1 Å². The molecular formula is C24H28ClN3O3S. The fourth-order valence-electron chi connectivity index (χ4n) is 3.43. The summed E-state index contributed by atoms with van der Waals surface area (Å²) in [4.78, 5) is 23.4. The Hall–Kier alpha value is -2.21. The van der Waals surface area contributed by atoms with Crippen LogP contribution in [0, 0.1) is 18.3 Å². The first-order valence-corrected chi connectivity index (χ1v) is 11.8. The van der Waals surface area contributed by atoms with Crippen molar-refractivity contribution in [2.24, 2.45) is 5.92 Å². The zero-order valence-corrected chi connectivity index (χ0v) is 19.9. The van der Waals surface area contributed by atoms with Crippen LogP contribution in [0.25, 0.3) is 21.3 Å². The van der Waals surface area contributed by atoms with E-state index < -0.39 is 6.10 Å². The topological polar surface area (TPSA) is 78.5 Å². The Kier molecular flexibility index (Phi) is 8.85. The summed E-state index contributed by atoms with van der Waals surface area (Å²) < 4.78 is 5.26. The molecule has 32 heavy (non-hydrogen) atoms. The van der Waals surface area contributed by atoms with E-state index in [2.05, 4.69) is 29.7 Å². The van der Waals surface area contributed by atoms with Gasteiger partial charge in [0.05, 0.1) is 24.6 Å². The summed E-state index contributed by atoms with van der Waals surface area (Å²) in [5, 5.41) is 13.5. The number of hydrogen-bond donors (Lipinski definition) is 2. The Morgan fingerprint density at radius 1 is 1.41 bits per heavy atom. The highest BCUT2D eigenvalue weighted by molar-refractivity contribution is 7.17. The number of nitrogens with one attached hydrogen (secondary N) is 1. The number of aromatic amines is 1. The Bertz CT molecular complexity index is 1140. The number of aliphatic hydroxyl groups is 1. The number of terminal acetylenes is 1. The standard InChI is InChI=1S/C24H28ClN3O3S/c1-4-10-31-14-19(29)12-28(9-8-16(2)3)13-21-26-23(30)22-20(15-32-24(22)27-21)17-6-5-7-18(25)11-17/h1,5-7,11,15-16,19,29H,8-10,12-14H2,2-3H3,(H,26,27,30)/t19-/m0/s1. The van der Waals surface area contributed by atoms with Gasteiger partial charge in [0.2, 0.25) is 0 Å². The number of halogens is 1. The number of thiophene rings is 1. The maximum atomic E-state index is 13.0. The number of H-pyrrole nitrogens is 1. The van der Waals surface area contributed by atoms with Crippen LogP contribution in [0.4, 0.5) is 0 Å². The maximum Gasteiger partial charge on any atom is 0.260 e. The Morgan fingerprint density at radius 2 is 2.22 bits per heavy atom. The number of ether oxygens (including phenoxy) is 1. The molecule has 1 aromatic carbocycles. The average molecular weight is 474 g/mol. The van der Waals surface area contributed by atoms with Gasteiger partial charge in [-0.25, -0.2) is 4.98 Å². The number of aliphatic hydroxyl groups excluding tert-OH is 1. The molecule has 2 aromatic heterocycles. The zero-order valence-electron chi connectivity index (χ0n) is 18.3. The van der Waals surface area contributed by atoms with E-state index in [1.807, 2.05) is 23.6 Å². The van der Waals surface area contributed by atoms with Crippen molar-refractivity contribution in [2.45, 2.75) is 32.9 Å². The highest BCUT2D eigenvalue weighted by Crippen LogP contribution is 2.32. The molecule has 0 amide bonds. The van der Waals surface area contributed by atoms with Crippen LogP contribution in [-0.4, -0.2) is 52.4 Å². The molecule has 0 spiro atoms. The molecule has 0 aliphatic heterocycles. The zero-order chi connectivity index (χ0) is 23.1. The lowest BCUT2D eigenvalue weighted by Gasteiger charge is -2.25. The largest absolute Gasteiger partial charge is 0.389 e. The first-order chi connectivity index (χ1) is 15.4. The van der Waals surface area contributed by atoms with Gasteiger partial charge in [-0.1, -0.05) is 43.5 Å². The van der Waals surface area contributed by atoms with E-state index in [1.54, 1.807) is 6.07 Å². The molecule has 0 aliphatic rings. The molecule has 3 rings (SSSR count).